The van der Waals surface area contributed by atoms with E-state index in [0.29, 0.717) is 35.8 Å². The summed E-state index contributed by atoms with van der Waals surface area (Å²) in [6.07, 6.45) is 0.999. The number of guanidine groups is 1. The third kappa shape index (κ3) is 5.08. The Labute approximate surface area is 163 Å². The van der Waals surface area contributed by atoms with Crippen molar-refractivity contribution in [3.63, 3.8) is 0 Å². The molecule has 2 aromatic carbocycles. The smallest absolute Gasteiger partial charge is 0.246 e. The van der Waals surface area contributed by atoms with Crippen LogP contribution in [0.3, 0.4) is 0 Å². The van der Waals surface area contributed by atoms with Gasteiger partial charge in [0.2, 0.25) is 11.7 Å². The molecule has 0 aliphatic heterocycles. The van der Waals surface area contributed by atoms with Crippen molar-refractivity contribution in [2.45, 2.75) is 26.4 Å². The number of hydrogen-bond acceptors (Lipinski definition) is 4. The molecule has 1 heterocycles. The molecule has 0 aliphatic carbocycles. The van der Waals surface area contributed by atoms with Gasteiger partial charge < -0.3 is 15.2 Å². The van der Waals surface area contributed by atoms with Crippen molar-refractivity contribution in [1.29, 1.82) is 0 Å². The molecule has 0 fully saturated rings. The highest BCUT2D eigenvalue weighted by molar-refractivity contribution is 6.30. The molecule has 0 atom stereocenters. The summed E-state index contributed by atoms with van der Waals surface area (Å²) < 4.78 is 5.30. The van der Waals surface area contributed by atoms with Gasteiger partial charge in [-0.1, -0.05) is 47.9 Å². The molecule has 7 heteroatoms. The number of aliphatic imine (C=N–C) groups is 1. The lowest BCUT2D eigenvalue weighted by molar-refractivity contribution is 0.375. The number of hydrogen-bond donors (Lipinski definition) is 2. The summed E-state index contributed by atoms with van der Waals surface area (Å²) in [6, 6.07) is 15.7. The van der Waals surface area contributed by atoms with Crippen molar-refractivity contribution in [2.75, 3.05) is 7.05 Å². The number of rotatable bonds is 6. The van der Waals surface area contributed by atoms with Crippen LogP contribution in [-0.2, 0) is 19.5 Å². The highest BCUT2D eigenvalue weighted by Gasteiger charge is 2.09. The SMILES string of the molecule is CCc1ccccc1CNC(=NC)NCc1nc(-c2ccc(Cl)cc2)no1. The van der Waals surface area contributed by atoms with Gasteiger partial charge in [0.25, 0.3) is 0 Å². The van der Waals surface area contributed by atoms with Gasteiger partial charge in [0.15, 0.2) is 5.96 Å². The maximum atomic E-state index is 5.90. The maximum Gasteiger partial charge on any atom is 0.246 e. The second-order valence-electron chi connectivity index (χ2n) is 5.92. The van der Waals surface area contributed by atoms with Crippen LogP contribution in [0.2, 0.25) is 5.02 Å². The summed E-state index contributed by atoms with van der Waals surface area (Å²) in [5, 5.41) is 11.2. The Bertz CT molecular complexity index is 905. The molecule has 140 valence electrons. The van der Waals surface area contributed by atoms with Gasteiger partial charge >= 0.3 is 0 Å². The fourth-order valence-corrected chi connectivity index (χ4v) is 2.80. The zero-order valence-electron chi connectivity index (χ0n) is 15.4. The lowest BCUT2D eigenvalue weighted by atomic mass is 10.1. The summed E-state index contributed by atoms with van der Waals surface area (Å²) in [5.74, 6) is 1.69. The first-order chi connectivity index (χ1) is 13.2. The number of aromatic nitrogens is 2. The number of nitrogens with one attached hydrogen (secondary N) is 2. The van der Waals surface area contributed by atoms with Crippen molar-refractivity contribution in [1.82, 2.24) is 20.8 Å². The van der Waals surface area contributed by atoms with Crippen molar-refractivity contribution in [2.24, 2.45) is 4.99 Å². The van der Waals surface area contributed by atoms with E-state index in [-0.39, 0.29) is 0 Å². The van der Waals surface area contributed by atoms with Gasteiger partial charge in [-0.25, -0.2) is 0 Å². The van der Waals surface area contributed by atoms with Crippen LogP contribution < -0.4 is 10.6 Å². The van der Waals surface area contributed by atoms with Crippen LogP contribution in [-0.4, -0.2) is 23.1 Å². The first-order valence-electron chi connectivity index (χ1n) is 8.79. The second-order valence-corrected chi connectivity index (χ2v) is 6.36. The quantitative estimate of drug-likeness (QED) is 0.500. The van der Waals surface area contributed by atoms with E-state index in [2.05, 4.69) is 50.9 Å². The first kappa shape index (κ1) is 18.9. The normalized spacial score (nSPS) is 11.4. The van der Waals surface area contributed by atoms with E-state index in [9.17, 15) is 0 Å². The third-order valence-electron chi connectivity index (χ3n) is 4.15. The van der Waals surface area contributed by atoms with Crippen LogP contribution in [0.5, 0.6) is 0 Å². The fraction of sp³-hybridized carbons (Fsp3) is 0.250. The lowest BCUT2D eigenvalue weighted by Gasteiger charge is -2.12. The van der Waals surface area contributed by atoms with Gasteiger partial charge in [-0.15, -0.1) is 0 Å². The topological polar surface area (TPSA) is 75.3 Å². The summed E-state index contributed by atoms with van der Waals surface area (Å²) >= 11 is 5.90. The molecule has 0 bridgehead atoms. The second kappa shape index (κ2) is 9.19. The predicted octanol–water partition coefficient (Wildman–Crippen LogP) is 3.82. The van der Waals surface area contributed by atoms with Crippen LogP contribution in [0.25, 0.3) is 11.4 Å². The maximum absolute atomic E-state index is 5.90. The Morgan fingerprint density at radius 2 is 1.74 bits per heavy atom. The van der Waals surface area contributed by atoms with E-state index in [0.717, 1.165) is 12.0 Å². The number of aryl methyl sites for hydroxylation is 1. The first-order valence-corrected chi connectivity index (χ1v) is 9.17. The molecule has 3 rings (SSSR count). The molecular formula is C20H22ClN5O. The highest BCUT2D eigenvalue weighted by Crippen LogP contribution is 2.18. The van der Waals surface area contributed by atoms with Crippen LogP contribution in [0.1, 0.15) is 23.9 Å². The monoisotopic (exact) mass is 383 g/mol. The Hall–Kier alpha value is -2.86. The zero-order chi connectivity index (χ0) is 19.1. The standard InChI is InChI=1S/C20H22ClN5O/c1-3-14-6-4-5-7-16(14)12-23-20(22-2)24-13-18-25-19(26-27-18)15-8-10-17(21)11-9-15/h4-11H,3,12-13H2,1-2H3,(H2,22,23,24). The molecule has 3 aromatic rings. The summed E-state index contributed by atoms with van der Waals surface area (Å²) in [5.41, 5.74) is 3.43. The molecule has 6 nitrogen and oxygen atoms in total. The molecule has 0 unspecified atom stereocenters. The molecule has 0 saturated heterocycles. The predicted molar refractivity (Wildman–Crippen MR) is 108 cm³/mol. The van der Waals surface area contributed by atoms with E-state index in [1.165, 1.54) is 11.1 Å². The molecule has 1 aromatic heterocycles. The minimum atomic E-state index is 0.385. The van der Waals surface area contributed by atoms with E-state index in [4.69, 9.17) is 16.1 Å². The Balaban J connectivity index is 1.56. The number of benzene rings is 2. The van der Waals surface area contributed by atoms with Crippen LogP contribution in [0.4, 0.5) is 0 Å². The Morgan fingerprint density at radius 1 is 1.04 bits per heavy atom. The lowest BCUT2D eigenvalue weighted by Crippen LogP contribution is -2.36. The Morgan fingerprint density at radius 3 is 2.44 bits per heavy atom. The van der Waals surface area contributed by atoms with Crippen molar-refractivity contribution < 1.29 is 4.52 Å². The van der Waals surface area contributed by atoms with Gasteiger partial charge in [0.05, 0.1) is 6.54 Å². The molecule has 0 aliphatic rings. The van der Waals surface area contributed by atoms with Crippen LogP contribution >= 0.6 is 11.6 Å². The summed E-state index contributed by atoms with van der Waals surface area (Å²) in [4.78, 5) is 8.63. The fourth-order valence-electron chi connectivity index (χ4n) is 2.68. The number of nitrogens with zero attached hydrogens (tertiary/aromatic N) is 3. The van der Waals surface area contributed by atoms with Crippen molar-refractivity contribution in [3.8, 4) is 11.4 Å². The van der Waals surface area contributed by atoms with E-state index in [1.807, 2.05) is 18.2 Å². The zero-order valence-corrected chi connectivity index (χ0v) is 16.1. The molecule has 0 saturated carbocycles. The highest BCUT2D eigenvalue weighted by atomic mass is 35.5. The third-order valence-corrected chi connectivity index (χ3v) is 4.40. The van der Waals surface area contributed by atoms with Crippen LogP contribution in [0, 0.1) is 0 Å². The molecule has 2 N–H and O–H groups in total. The molecule has 0 amide bonds. The van der Waals surface area contributed by atoms with Gasteiger partial charge in [-0.05, 0) is 41.8 Å². The molecule has 0 spiro atoms. The van der Waals surface area contributed by atoms with Gasteiger partial charge in [0.1, 0.15) is 0 Å². The molecule has 0 radical (unpaired) electrons. The minimum absolute atomic E-state index is 0.385. The van der Waals surface area contributed by atoms with Crippen molar-refractivity contribution in [3.05, 3.63) is 70.6 Å². The summed E-state index contributed by atoms with van der Waals surface area (Å²) in [7, 11) is 1.73. The van der Waals surface area contributed by atoms with Gasteiger partial charge in [-0.3, -0.25) is 4.99 Å². The summed E-state index contributed by atoms with van der Waals surface area (Å²) in [6.45, 7) is 3.24. The number of halogens is 1. The molecular weight excluding hydrogens is 362 g/mol. The minimum Gasteiger partial charge on any atom is -0.352 e. The van der Waals surface area contributed by atoms with Gasteiger partial charge in [-0.2, -0.15) is 4.98 Å². The van der Waals surface area contributed by atoms with E-state index >= 15 is 0 Å². The Kier molecular flexibility index (Phi) is 6.44. The average Bonchev–Trinajstić information content (AvgIpc) is 3.18. The van der Waals surface area contributed by atoms with Crippen molar-refractivity contribution >= 4 is 17.6 Å². The van der Waals surface area contributed by atoms with E-state index in [1.54, 1.807) is 19.2 Å². The largest absolute Gasteiger partial charge is 0.352 e. The van der Waals surface area contributed by atoms with Crippen LogP contribution in [0.15, 0.2) is 58.0 Å². The van der Waals surface area contributed by atoms with E-state index < -0.39 is 0 Å². The average molecular weight is 384 g/mol. The molecule has 27 heavy (non-hydrogen) atoms. The van der Waals surface area contributed by atoms with Gasteiger partial charge in [0, 0.05) is 24.2 Å².